The molecule has 0 aliphatic heterocycles. The maximum atomic E-state index is 12.9. The summed E-state index contributed by atoms with van der Waals surface area (Å²) in [5, 5.41) is 14.5. The van der Waals surface area contributed by atoms with Crippen molar-refractivity contribution in [1.82, 2.24) is 24.9 Å². The Morgan fingerprint density at radius 2 is 1.75 bits per heavy atom. The minimum Gasteiger partial charge on any atom is -0.483 e. The topological polar surface area (TPSA) is 129 Å². The van der Waals surface area contributed by atoms with Crippen molar-refractivity contribution in [2.75, 3.05) is 39.7 Å². The molecule has 11 heteroatoms. The Labute approximate surface area is 233 Å². The minimum absolute atomic E-state index is 0.149. The fourth-order valence-corrected chi connectivity index (χ4v) is 4.58. The number of nitrogens with zero attached hydrogens (tertiary/aromatic N) is 6. The summed E-state index contributed by atoms with van der Waals surface area (Å²) in [7, 11) is 7.21. The molecule has 1 unspecified atom stereocenters. The van der Waals surface area contributed by atoms with Crippen LogP contribution in [0.4, 0.5) is 10.6 Å². The second-order valence-electron chi connectivity index (χ2n) is 9.93. The molecule has 11 nitrogen and oxygen atoms in total. The molecule has 2 heterocycles. The van der Waals surface area contributed by atoms with Gasteiger partial charge in [-0.25, -0.2) is 9.48 Å². The predicted molar refractivity (Wildman–Crippen MR) is 153 cm³/mol. The number of hydrogen-bond donors (Lipinski definition) is 1. The first-order valence-corrected chi connectivity index (χ1v) is 13.0. The Balaban J connectivity index is 1.84. The van der Waals surface area contributed by atoms with Crippen molar-refractivity contribution in [1.29, 1.82) is 0 Å². The van der Waals surface area contributed by atoms with E-state index in [1.54, 1.807) is 26.2 Å². The van der Waals surface area contributed by atoms with E-state index in [0.29, 0.717) is 35.7 Å². The van der Waals surface area contributed by atoms with Gasteiger partial charge < -0.3 is 25.0 Å². The molecule has 0 radical (unpaired) electrons. The first-order valence-electron chi connectivity index (χ1n) is 13.0. The number of nitrogens with two attached hydrogens (primary N) is 1. The minimum atomic E-state index is -0.813. The number of benzene rings is 2. The summed E-state index contributed by atoms with van der Waals surface area (Å²) >= 11 is 0. The van der Waals surface area contributed by atoms with Gasteiger partial charge in [-0.2, -0.15) is 10.2 Å². The molecule has 210 valence electrons. The van der Waals surface area contributed by atoms with E-state index in [1.165, 1.54) is 4.90 Å². The van der Waals surface area contributed by atoms with Gasteiger partial charge in [0.25, 0.3) is 5.91 Å². The van der Waals surface area contributed by atoms with Crippen molar-refractivity contribution in [2.24, 2.45) is 5.73 Å². The third kappa shape index (κ3) is 5.98. The highest BCUT2D eigenvalue weighted by atomic mass is 16.5. The molecule has 2 N–H and O–H groups in total. The van der Waals surface area contributed by atoms with E-state index >= 15 is 0 Å². The zero-order valence-corrected chi connectivity index (χ0v) is 23.7. The normalized spacial score (nSPS) is 11.8. The Kier molecular flexibility index (Phi) is 8.52. The molecule has 2 aromatic carbocycles. The average Bonchev–Trinajstić information content (AvgIpc) is 3.27. The maximum absolute atomic E-state index is 12.9. The number of rotatable bonds is 10. The summed E-state index contributed by atoms with van der Waals surface area (Å²) in [5.41, 5.74) is 9.58. The number of aryl methyl sites for hydroxylation is 2. The van der Waals surface area contributed by atoms with Gasteiger partial charge in [0.15, 0.2) is 5.82 Å². The van der Waals surface area contributed by atoms with Crippen LogP contribution in [-0.4, -0.2) is 71.7 Å². The molecule has 2 aromatic heterocycles. The van der Waals surface area contributed by atoms with Crippen LogP contribution in [0, 0.1) is 13.8 Å². The van der Waals surface area contributed by atoms with E-state index in [0.717, 1.165) is 27.9 Å². The fourth-order valence-electron chi connectivity index (χ4n) is 4.58. The number of carbonyl (C=O) groups excluding carboxylic acids is 2. The van der Waals surface area contributed by atoms with Crippen molar-refractivity contribution < 1.29 is 19.1 Å². The van der Waals surface area contributed by atoms with E-state index in [-0.39, 0.29) is 12.5 Å². The third-order valence-corrected chi connectivity index (χ3v) is 6.54. The summed E-state index contributed by atoms with van der Waals surface area (Å²) in [4.78, 5) is 27.4. The number of primary amides is 1. The van der Waals surface area contributed by atoms with E-state index in [1.807, 2.05) is 73.9 Å². The van der Waals surface area contributed by atoms with Crippen LogP contribution < -0.4 is 15.4 Å². The largest absolute Gasteiger partial charge is 0.483 e. The van der Waals surface area contributed by atoms with Crippen LogP contribution in [0.2, 0.25) is 0 Å². The molecule has 0 aliphatic rings. The highest BCUT2D eigenvalue weighted by molar-refractivity contribution is 5.95. The van der Waals surface area contributed by atoms with Crippen molar-refractivity contribution in [3.05, 3.63) is 71.0 Å². The first-order chi connectivity index (χ1) is 19.1. The quantitative estimate of drug-likeness (QED) is 0.294. The van der Waals surface area contributed by atoms with Crippen molar-refractivity contribution in [3.8, 4) is 11.4 Å². The lowest BCUT2D eigenvalue weighted by Gasteiger charge is -2.23. The van der Waals surface area contributed by atoms with Gasteiger partial charge in [-0.3, -0.25) is 4.79 Å². The van der Waals surface area contributed by atoms with Crippen LogP contribution in [0.25, 0.3) is 16.6 Å². The Morgan fingerprint density at radius 3 is 2.40 bits per heavy atom. The molecule has 0 fully saturated rings. The average molecular weight is 546 g/mol. The molecule has 2 amide bonds. The first kappa shape index (κ1) is 28.3. The van der Waals surface area contributed by atoms with Crippen LogP contribution in [0.3, 0.4) is 0 Å². The van der Waals surface area contributed by atoms with Crippen molar-refractivity contribution in [2.45, 2.75) is 32.8 Å². The lowest BCUT2D eigenvalue weighted by atomic mass is 10.0. The maximum Gasteiger partial charge on any atom is 0.404 e. The highest BCUT2D eigenvalue weighted by Crippen LogP contribution is 2.35. The van der Waals surface area contributed by atoms with Crippen molar-refractivity contribution in [3.63, 3.8) is 0 Å². The predicted octanol–water partition coefficient (Wildman–Crippen LogP) is 4.20. The van der Waals surface area contributed by atoms with E-state index in [2.05, 4.69) is 10.2 Å². The Hall–Kier alpha value is -4.67. The summed E-state index contributed by atoms with van der Waals surface area (Å²) in [6.45, 7) is 4.05. The SMILES string of the molecule is Cc1nnc(N(C)C)c2nn(-c3ccc(C(=O)N(C)C)cc3OC(CCCOC(N)=O)c3ccccc3)c(C)c12. The smallest absolute Gasteiger partial charge is 0.404 e. The van der Waals surface area contributed by atoms with Crippen LogP contribution in [0.5, 0.6) is 5.75 Å². The summed E-state index contributed by atoms with van der Waals surface area (Å²) in [5.74, 6) is 0.989. The zero-order chi connectivity index (χ0) is 29.0. The van der Waals surface area contributed by atoms with Gasteiger partial charge in [-0.15, -0.1) is 5.10 Å². The molecule has 0 aliphatic carbocycles. The number of anilines is 1. The van der Waals surface area contributed by atoms with Crippen LogP contribution in [-0.2, 0) is 4.74 Å². The van der Waals surface area contributed by atoms with Crippen LogP contribution >= 0.6 is 0 Å². The lowest BCUT2D eigenvalue weighted by molar-refractivity contribution is 0.0826. The number of aromatic nitrogens is 4. The van der Waals surface area contributed by atoms with E-state index in [9.17, 15) is 9.59 Å². The van der Waals surface area contributed by atoms with Crippen LogP contribution in [0.15, 0.2) is 48.5 Å². The standard InChI is InChI=1S/C29H35N7O4/c1-18-25-19(2)36(33-26(25)27(32-31-18)34(3)4)22-15-14-21(28(37)35(5)6)17-24(22)40-23(13-10-16-39-29(30)38)20-11-8-7-9-12-20/h7-9,11-12,14-15,17,23H,10,13,16H2,1-6H3,(H2,30,38). The van der Waals surface area contributed by atoms with Gasteiger partial charge >= 0.3 is 6.09 Å². The summed E-state index contributed by atoms with van der Waals surface area (Å²) < 4.78 is 13.4. The molecule has 1 atom stereocenters. The van der Waals surface area contributed by atoms with Crippen LogP contribution in [0.1, 0.15) is 46.3 Å². The number of ether oxygens (including phenoxy) is 2. The molecule has 0 saturated heterocycles. The molecular weight excluding hydrogens is 510 g/mol. The van der Waals surface area contributed by atoms with E-state index in [4.69, 9.17) is 20.3 Å². The molecule has 0 spiro atoms. The number of carbonyl (C=O) groups is 2. The molecule has 0 saturated carbocycles. The van der Waals surface area contributed by atoms with Gasteiger partial charge in [0.05, 0.1) is 23.4 Å². The number of amides is 2. The van der Waals surface area contributed by atoms with Crippen molar-refractivity contribution >= 4 is 28.7 Å². The lowest BCUT2D eigenvalue weighted by Crippen LogP contribution is -2.22. The van der Waals surface area contributed by atoms with E-state index < -0.39 is 12.2 Å². The summed E-state index contributed by atoms with van der Waals surface area (Å²) in [6.07, 6.45) is -0.136. The highest BCUT2D eigenvalue weighted by Gasteiger charge is 2.23. The fraction of sp³-hybridized carbons (Fsp3) is 0.345. The van der Waals surface area contributed by atoms with Gasteiger partial charge in [0.2, 0.25) is 0 Å². The van der Waals surface area contributed by atoms with Gasteiger partial charge in [-0.05, 0) is 50.5 Å². The Morgan fingerprint density at radius 1 is 1.02 bits per heavy atom. The van der Waals surface area contributed by atoms with Gasteiger partial charge in [0.1, 0.15) is 23.1 Å². The molecular formula is C29H35N7O4. The van der Waals surface area contributed by atoms with Gasteiger partial charge in [-0.1, -0.05) is 30.3 Å². The second-order valence-corrected chi connectivity index (χ2v) is 9.93. The van der Waals surface area contributed by atoms with Gasteiger partial charge in [0, 0.05) is 33.8 Å². The number of fused-ring (bicyclic) bond motifs is 1. The molecule has 4 rings (SSSR count). The molecule has 4 aromatic rings. The second kappa shape index (κ2) is 12.0. The molecule has 40 heavy (non-hydrogen) atoms. The summed E-state index contributed by atoms with van der Waals surface area (Å²) in [6, 6.07) is 15.1. The number of hydrogen-bond acceptors (Lipinski definition) is 8. The third-order valence-electron chi connectivity index (χ3n) is 6.54. The monoisotopic (exact) mass is 545 g/mol. The Bertz CT molecular complexity index is 1520. The molecule has 0 bridgehead atoms. The zero-order valence-electron chi connectivity index (χ0n) is 23.7.